The van der Waals surface area contributed by atoms with Gasteiger partial charge in [0, 0.05) is 22.9 Å². The number of carboxylic acid groups (broad SMARTS) is 1. The highest BCUT2D eigenvalue weighted by Crippen LogP contribution is 2.32. The third-order valence-electron chi connectivity index (χ3n) is 4.16. The predicted octanol–water partition coefficient (Wildman–Crippen LogP) is 3.69. The van der Waals surface area contributed by atoms with Crippen molar-refractivity contribution in [2.75, 3.05) is 13.1 Å². The summed E-state index contributed by atoms with van der Waals surface area (Å²) in [5, 5.41) is 9.13. The number of hydrogen-bond acceptors (Lipinski definition) is 3. The molecule has 1 amide bonds. The summed E-state index contributed by atoms with van der Waals surface area (Å²) >= 11 is 1.56. The minimum absolute atomic E-state index is 0.0859. The van der Waals surface area contributed by atoms with Gasteiger partial charge in [0.05, 0.1) is 11.5 Å². The van der Waals surface area contributed by atoms with E-state index in [2.05, 4.69) is 0 Å². The van der Waals surface area contributed by atoms with Crippen LogP contribution in [0.5, 0.6) is 0 Å². The van der Waals surface area contributed by atoms with Crippen molar-refractivity contribution in [3.8, 4) is 0 Å². The molecule has 2 aromatic rings. The Morgan fingerprint density at radius 1 is 1.17 bits per heavy atom. The topological polar surface area (TPSA) is 57.6 Å². The molecule has 0 spiro atoms. The second-order valence-corrected chi connectivity index (χ2v) is 7.11. The van der Waals surface area contributed by atoms with E-state index in [9.17, 15) is 9.59 Å². The minimum Gasteiger partial charge on any atom is -0.481 e. The van der Waals surface area contributed by atoms with E-state index in [1.165, 1.54) is 0 Å². The molecule has 0 aliphatic carbocycles. The molecule has 24 heavy (non-hydrogen) atoms. The maximum Gasteiger partial charge on any atom is 0.308 e. The number of aliphatic carboxylic acids is 1. The van der Waals surface area contributed by atoms with Crippen LogP contribution in [0.2, 0.25) is 0 Å². The first-order valence-corrected chi connectivity index (χ1v) is 8.72. The van der Waals surface area contributed by atoms with E-state index in [-0.39, 0.29) is 12.5 Å². The van der Waals surface area contributed by atoms with Gasteiger partial charge in [-0.3, -0.25) is 9.59 Å². The Morgan fingerprint density at radius 2 is 1.92 bits per heavy atom. The largest absolute Gasteiger partial charge is 0.481 e. The summed E-state index contributed by atoms with van der Waals surface area (Å²) in [5.74, 6) is -1.37. The Morgan fingerprint density at radius 3 is 2.58 bits per heavy atom. The van der Waals surface area contributed by atoms with Gasteiger partial charge in [0.2, 0.25) is 0 Å². The zero-order valence-electron chi connectivity index (χ0n) is 13.4. The van der Waals surface area contributed by atoms with Crippen LogP contribution < -0.4 is 0 Å². The van der Waals surface area contributed by atoms with Crippen molar-refractivity contribution in [1.29, 1.82) is 0 Å². The van der Waals surface area contributed by atoms with Crippen LogP contribution in [0, 0.1) is 12.8 Å². The molecule has 3 rings (SSSR count). The van der Waals surface area contributed by atoms with E-state index in [0.29, 0.717) is 18.5 Å². The molecular weight excluding hydrogens is 322 g/mol. The predicted molar refractivity (Wildman–Crippen MR) is 93.4 cm³/mol. The van der Waals surface area contributed by atoms with Crippen LogP contribution in [0.1, 0.15) is 22.3 Å². The standard InChI is InChI=1S/C19H19NO3S/c1-13-7-8-16(17(11-13)24-15-5-3-2-4-6-15)18(21)20-10-9-14(12-20)19(22)23/h2-8,11,14H,9-10,12H2,1H3,(H,22,23). The summed E-state index contributed by atoms with van der Waals surface area (Å²) in [6.45, 7) is 2.79. The first-order chi connectivity index (χ1) is 11.5. The molecule has 1 fully saturated rings. The van der Waals surface area contributed by atoms with Gasteiger partial charge in [-0.15, -0.1) is 0 Å². The number of rotatable bonds is 4. The lowest BCUT2D eigenvalue weighted by molar-refractivity contribution is -0.141. The van der Waals surface area contributed by atoms with Gasteiger partial charge >= 0.3 is 5.97 Å². The highest BCUT2D eigenvalue weighted by molar-refractivity contribution is 7.99. The van der Waals surface area contributed by atoms with E-state index in [1.54, 1.807) is 16.7 Å². The van der Waals surface area contributed by atoms with Crippen LogP contribution >= 0.6 is 11.8 Å². The van der Waals surface area contributed by atoms with Crippen LogP contribution in [0.15, 0.2) is 58.3 Å². The molecule has 0 saturated carbocycles. The number of carboxylic acids is 1. The Kier molecular flexibility index (Phi) is 4.90. The van der Waals surface area contributed by atoms with E-state index < -0.39 is 11.9 Å². The number of carbonyl (C=O) groups excluding carboxylic acids is 1. The lowest BCUT2D eigenvalue weighted by atomic mass is 10.1. The molecule has 1 N–H and O–H groups in total. The van der Waals surface area contributed by atoms with Crippen LogP contribution in [0.4, 0.5) is 0 Å². The number of benzene rings is 2. The molecule has 4 nitrogen and oxygen atoms in total. The molecule has 1 atom stereocenters. The molecule has 124 valence electrons. The van der Waals surface area contributed by atoms with E-state index in [0.717, 1.165) is 15.4 Å². The second kappa shape index (κ2) is 7.09. The number of hydrogen-bond donors (Lipinski definition) is 1. The molecule has 1 aliphatic rings. The fraction of sp³-hybridized carbons (Fsp3) is 0.263. The Bertz CT molecular complexity index is 760. The molecule has 0 aromatic heterocycles. The second-order valence-electron chi connectivity index (χ2n) is 5.99. The minimum atomic E-state index is -0.826. The molecule has 0 radical (unpaired) electrons. The maximum atomic E-state index is 12.9. The number of likely N-dealkylation sites (tertiary alicyclic amines) is 1. The molecular formula is C19H19NO3S. The first kappa shape index (κ1) is 16.6. The van der Waals surface area contributed by atoms with E-state index >= 15 is 0 Å². The number of nitrogens with zero attached hydrogens (tertiary/aromatic N) is 1. The molecule has 5 heteroatoms. The van der Waals surface area contributed by atoms with Crippen LogP contribution in [0.3, 0.4) is 0 Å². The van der Waals surface area contributed by atoms with Crippen molar-refractivity contribution in [2.45, 2.75) is 23.1 Å². The fourth-order valence-electron chi connectivity index (χ4n) is 2.82. The lowest BCUT2D eigenvalue weighted by Gasteiger charge is -2.18. The average Bonchev–Trinajstić information content (AvgIpc) is 3.06. The number of amides is 1. The van der Waals surface area contributed by atoms with Crippen LogP contribution in [-0.4, -0.2) is 35.0 Å². The Hall–Kier alpha value is -2.27. The monoisotopic (exact) mass is 341 g/mol. The van der Waals surface area contributed by atoms with Gasteiger partial charge < -0.3 is 10.0 Å². The number of aryl methyl sites for hydroxylation is 1. The van der Waals surface area contributed by atoms with Crippen LogP contribution in [-0.2, 0) is 4.79 Å². The molecule has 1 unspecified atom stereocenters. The first-order valence-electron chi connectivity index (χ1n) is 7.90. The average molecular weight is 341 g/mol. The van der Waals surface area contributed by atoms with Gasteiger partial charge in [-0.1, -0.05) is 36.0 Å². The van der Waals surface area contributed by atoms with Gasteiger partial charge in [-0.2, -0.15) is 0 Å². The fourth-order valence-corrected chi connectivity index (χ4v) is 3.88. The van der Waals surface area contributed by atoms with Crippen molar-refractivity contribution in [2.24, 2.45) is 5.92 Å². The third kappa shape index (κ3) is 3.62. The van der Waals surface area contributed by atoms with Crippen LogP contribution in [0.25, 0.3) is 0 Å². The Balaban J connectivity index is 1.85. The summed E-state index contributed by atoms with van der Waals surface area (Å²) < 4.78 is 0. The van der Waals surface area contributed by atoms with Gasteiger partial charge in [0.1, 0.15) is 0 Å². The maximum absolute atomic E-state index is 12.9. The van der Waals surface area contributed by atoms with E-state index in [4.69, 9.17) is 5.11 Å². The zero-order valence-corrected chi connectivity index (χ0v) is 14.3. The summed E-state index contributed by atoms with van der Waals surface area (Å²) in [5.41, 5.74) is 1.73. The highest BCUT2D eigenvalue weighted by atomic mass is 32.2. The SMILES string of the molecule is Cc1ccc(C(=O)N2CCC(C(=O)O)C2)c(Sc2ccccc2)c1. The zero-order chi connectivity index (χ0) is 17.1. The lowest BCUT2D eigenvalue weighted by Crippen LogP contribution is -2.30. The van der Waals surface area contributed by atoms with Crippen molar-refractivity contribution in [1.82, 2.24) is 4.90 Å². The van der Waals surface area contributed by atoms with Gasteiger partial charge in [0.25, 0.3) is 5.91 Å². The van der Waals surface area contributed by atoms with Gasteiger partial charge in [-0.25, -0.2) is 0 Å². The summed E-state index contributed by atoms with van der Waals surface area (Å²) in [6, 6.07) is 15.7. The third-order valence-corrected chi connectivity index (χ3v) is 5.23. The van der Waals surface area contributed by atoms with Crippen molar-refractivity contribution < 1.29 is 14.7 Å². The molecule has 1 heterocycles. The van der Waals surface area contributed by atoms with Gasteiger partial charge in [-0.05, 0) is 43.2 Å². The molecule has 1 saturated heterocycles. The smallest absolute Gasteiger partial charge is 0.308 e. The summed E-state index contributed by atoms with van der Waals surface area (Å²) in [7, 11) is 0. The Labute approximate surface area is 145 Å². The number of carbonyl (C=O) groups is 2. The normalized spacial score (nSPS) is 17.0. The van der Waals surface area contributed by atoms with Crippen molar-refractivity contribution in [3.63, 3.8) is 0 Å². The van der Waals surface area contributed by atoms with E-state index in [1.807, 2.05) is 55.5 Å². The summed E-state index contributed by atoms with van der Waals surface area (Å²) in [4.78, 5) is 27.6. The summed E-state index contributed by atoms with van der Waals surface area (Å²) in [6.07, 6.45) is 0.522. The molecule has 0 bridgehead atoms. The highest BCUT2D eigenvalue weighted by Gasteiger charge is 2.32. The van der Waals surface area contributed by atoms with Gasteiger partial charge in [0.15, 0.2) is 0 Å². The van der Waals surface area contributed by atoms with Crippen molar-refractivity contribution >= 4 is 23.6 Å². The molecule has 2 aromatic carbocycles. The quantitative estimate of drug-likeness (QED) is 0.921. The van der Waals surface area contributed by atoms with Crippen molar-refractivity contribution in [3.05, 3.63) is 59.7 Å². The molecule has 1 aliphatic heterocycles.